The van der Waals surface area contributed by atoms with Crippen LogP contribution < -0.4 is 4.90 Å². The van der Waals surface area contributed by atoms with E-state index in [2.05, 4.69) is 4.90 Å². The lowest BCUT2D eigenvalue weighted by Gasteiger charge is -2.23. The highest BCUT2D eigenvalue weighted by atomic mass is 16.6. The van der Waals surface area contributed by atoms with Gasteiger partial charge in [-0.1, -0.05) is 0 Å². The number of hydrogen-bond acceptors (Lipinski definition) is 4. The number of benzene rings is 1. The minimum Gasteiger partial charge on any atom is -0.477 e. The van der Waals surface area contributed by atoms with E-state index in [9.17, 15) is 14.9 Å². The zero-order valence-corrected chi connectivity index (χ0v) is 10.7. The van der Waals surface area contributed by atoms with E-state index in [4.69, 9.17) is 5.11 Å². The SMILES string of the molecule is CCN(CC1CC1)c1ccc(C(=O)O)c([N+](=O)[O-])c1. The van der Waals surface area contributed by atoms with Crippen molar-refractivity contribution >= 4 is 17.3 Å². The molecule has 0 heterocycles. The molecule has 0 unspecified atom stereocenters. The van der Waals surface area contributed by atoms with E-state index in [1.165, 1.54) is 25.0 Å². The molecule has 0 atom stereocenters. The third kappa shape index (κ3) is 3.01. The summed E-state index contributed by atoms with van der Waals surface area (Å²) in [6, 6.07) is 4.31. The fraction of sp³-hybridized carbons (Fsp3) is 0.462. The average Bonchev–Trinajstić information content (AvgIpc) is 3.19. The molecule has 1 aliphatic rings. The molecule has 2 rings (SSSR count). The number of nitrogens with zero attached hydrogens (tertiary/aromatic N) is 2. The van der Waals surface area contributed by atoms with Gasteiger partial charge in [-0.2, -0.15) is 0 Å². The Morgan fingerprint density at radius 2 is 2.21 bits per heavy atom. The quantitative estimate of drug-likeness (QED) is 0.630. The van der Waals surface area contributed by atoms with E-state index in [0.29, 0.717) is 11.6 Å². The van der Waals surface area contributed by atoms with Crippen molar-refractivity contribution < 1.29 is 14.8 Å². The van der Waals surface area contributed by atoms with Crippen LogP contribution in [0.5, 0.6) is 0 Å². The number of hydrogen-bond donors (Lipinski definition) is 1. The normalized spacial score (nSPS) is 14.2. The van der Waals surface area contributed by atoms with Crippen molar-refractivity contribution in [2.24, 2.45) is 5.92 Å². The van der Waals surface area contributed by atoms with Gasteiger partial charge in [0.25, 0.3) is 5.69 Å². The highest BCUT2D eigenvalue weighted by Gasteiger charge is 2.26. The maximum Gasteiger partial charge on any atom is 0.342 e. The first-order valence-electron chi connectivity index (χ1n) is 6.29. The maximum absolute atomic E-state index is 10.9. The number of nitro groups is 1. The Morgan fingerprint density at radius 1 is 1.53 bits per heavy atom. The van der Waals surface area contributed by atoms with Crippen LogP contribution in [0.3, 0.4) is 0 Å². The standard InChI is InChI=1S/C13H16N2O4/c1-2-14(8-9-3-4-9)10-5-6-11(13(16)17)12(7-10)15(18)19/h5-7,9H,2-4,8H2,1H3,(H,16,17). The fourth-order valence-corrected chi connectivity index (χ4v) is 2.08. The van der Waals surface area contributed by atoms with Crippen molar-refractivity contribution in [1.29, 1.82) is 0 Å². The van der Waals surface area contributed by atoms with E-state index in [-0.39, 0.29) is 11.3 Å². The Hall–Kier alpha value is -2.11. The third-order valence-electron chi connectivity index (χ3n) is 3.33. The van der Waals surface area contributed by atoms with Gasteiger partial charge in [0.2, 0.25) is 0 Å². The van der Waals surface area contributed by atoms with Gasteiger partial charge in [-0.3, -0.25) is 10.1 Å². The van der Waals surface area contributed by atoms with Crippen LogP contribution in [0.4, 0.5) is 11.4 Å². The van der Waals surface area contributed by atoms with Crippen molar-refractivity contribution in [2.75, 3.05) is 18.0 Å². The molecule has 0 aromatic heterocycles. The smallest absolute Gasteiger partial charge is 0.342 e. The van der Waals surface area contributed by atoms with Crippen LogP contribution in [-0.4, -0.2) is 29.1 Å². The van der Waals surface area contributed by atoms with Gasteiger partial charge in [-0.05, 0) is 37.8 Å². The summed E-state index contributed by atoms with van der Waals surface area (Å²) in [5.74, 6) is -0.610. The first kappa shape index (κ1) is 13.3. The summed E-state index contributed by atoms with van der Waals surface area (Å²) in [4.78, 5) is 23.3. The number of nitro benzene ring substituents is 1. The van der Waals surface area contributed by atoms with Gasteiger partial charge < -0.3 is 10.0 Å². The topological polar surface area (TPSA) is 83.7 Å². The highest BCUT2D eigenvalue weighted by Crippen LogP contribution is 2.32. The average molecular weight is 264 g/mol. The lowest BCUT2D eigenvalue weighted by atomic mass is 10.1. The Balaban J connectivity index is 2.32. The number of aromatic carboxylic acids is 1. The molecule has 1 aliphatic carbocycles. The summed E-state index contributed by atoms with van der Waals surface area (Å²) in [5.41, 5.74) is 0.0987. The van der Waals surface area contributed by atoms with E-state index in [1.807, 2.05) is 6.92 Å². The molecule has 1 aromatic carbocycles. The van der Waals surface area contributed by atoms with E-state index >= 15 is 0 Å². The van der Waals surface area contributed by atoms with Gasteiger partial charge in [-0.25, -0.2) is 4.79 Å². The summed E-state index contributed by atoms with van der Waals surface area (Å²) < 4.78 is 0. The first-order chi connectivity index (χ1) is 9.02. The Morgan fingerprint density at radius 3 is 2.68 bits per heavy atom. The van der Waals surface area contributed by atoms with Crippen LogP contribution in [-0.2, 0) is 0 Å². The number of carboxylic acids is 1. The van der Waals surface area contributed by atoms with Crippen molar-refractivity contribution in [1.82, 2.24) is 0 Å². The van der Waals surface area contributed by atoms with Gasteiger partial charge in [0.05, 0.1) is 4.92 Å². The molecule has 1 saturated carbocycles. The molecule has 1 fully saturated rings. The minimum absolute atomic E-state index is 0.267. The minimum atomic E-state index is -1.27. The van der Waals surface area contributed by atoms with Crippen molar-refractivity contribution in [3.63, 3.8) is 0 Å². The number of anilines is 1. The van der Waals surface area contributed by atoms with E-state index in [1.54, 1.807) is 6.07 Å². The zero-order valence-electron chi connectivity index (χ0n) is 10.7. The van der Waals surface area contributed by atoms with Crippen LogP contribution in [0.25, 0.3) is 0 Å². The first-order valence-corrected chi connectivity index (χ1v) is 6.29. The van der Waals surface area contributed by atoms with Gasteiger partial charge >= 0.3 is 5.97 Å². The zero-order chi connectivity index (χ0) is 14.0. The molecule has 0 radical (unpaired) electrons. The Labute approximate surface area is 110 Å². The summed E-state index contributed by atoms with van der Waals surface area (Å²) in [5, 5.41) is 19.9. The molecular weight excluding hydrogens is 248 g/mol. The molecule has 0 spiro atoms. The molecule has 102 valence electrons. The molecule has 6 nitrogen and oxygen atoms in total. The second-order valence-electron chi connectivity index (χ2n) is 4.75. The second-order valence-corrected chi connectivity index (χ2v) is 4.75. The molecule has 1 aromatic rings. The molecule has 1 N–H and O–H groups in total. The van der Waals surface area contributed by atoms with Crippen molar-refractivity contribution in [3.8, 4) is 0 Å². The van der Waals surface area contributed by atoms with Gasteiger partial charge in [0.1, 0.15) is 5.56 Å². The lowest BCUT2D eigenvalue weighted by Crippen LogP contribution is -2.25. The number of carboxylic acid groups (broad SMARTS) is 1. The Kier molecular flexibility index (Phi) is 3.69. The molecule has 0 amide bonds. The molecular formula is C13H16N2O4. The largest absolute Gasteiger partial charge is 0.477 e. The monoisotopic (exact) mass is 264 g/mol. The number of carbonyl (C=O) groups is 1. The van der Waals surface area contributed by atoms with Crippen LogP contribution in [0.2, 0.25) is 0 Å². The van der Waals surface area contributed by atoms with Crippen LogP contribution >= 0.6 is 0 Å². The maximum atomic E-state index is 10.9. The second kappa shape index (κ2) is 5.26. The van der Waals surface area contributed by atoms with Gasteiger partial charge in [0.15, 0.2) is 0 Å². The van der Waals surface area contributed by atoms with E-state index < -0.39 is 10.9 Å². The summed E-state index contributed by atoms with van der Waals surface area (Å²) in [6.07, 6.45) is 2.40. The van der Waals surface area contributed by atoms with Gasteiger partial charge in [0, 0.05) is 24.8 Å². The number of rotatable bonds is 6. The molecule has 6 heteroatoms. The predicted molar refractivity (Wildman–Crippen MR) is 70.7 cm³/mol. The fourth-order valence-electron chi connectivity index (χ4n) is 2.08. The third-order valence-corrected chi connectivity index (χ3v) is 3.33. The Bertz CT molecular complexity index is 511. The van der Waals surface area contributed by atoms with Crippen LogP contribution in [0, 0.1) is 16.0 Å². The van der Waals surface area contributed by atoms with Crippen LogP contribution in [0.1, 0.15) is 30.1 Å². The highest BCUT2D eigenvalue weighted by molar-refractivity contribution is 5.93. The molecule has 0 saturated heterocycles. The van der Waals surface area contributed by atoms with Crippen molar-refractivity contribution in [2.45, 2.75) is 19.8 Å². The molecule has 0 aliphatic heterocycles. The van der Waals surface area contributed by atoms with E-state index in [0.717, 1.165) is 13.1 Å². The predicted octanol–water partition coefficient (Wildman–Crippen LogP) is 2.53. The van der Waals surface area contributed by atoms with Crippen LogP contribution in [0.15, 0.2) is 18.2 Å². The summed E-state index contributed by atoms with van der Waals surface area (Å²) in [7, 11) is 0. The van der Waals surface area contributed by atoms with Gasteiger partial charge in [-0.15, -0.1) is 0 Å². The molecule has 0 bridgehead atoms. The van der Waals surface area contributed by atoms with Crippen molar-refractivity contribution in [3.05, 3.63) is 33.9 Å². The lowest BCUT2D eigenvalue weighted by molar-refractivity contribution is -0.385. The summed E-state index contributed by atoms with van der Waals surface area (Å²) in [6.45, 7) is 3.61. The molecule has 19 heavy (non-hydrogen) atoms. The summed E-state index contributed by atoms with van der Waals surface area (Å²) >= 11 is 0.